The molecule has 5 atom stereocenters. The van der Waals surface area contributed by atoms with Crippen molar-refractivity contribution in [3.8, 4) is 0 Å². The summed E-state index contributed by atoms with van der Waals surface area (Å²) in [6, 6.07) is 0. The Morgan fingerprint density at radius 1 is 0.243 bits per heavy atom. The maximum atomic E-state index is 13.2. The fourth-order valence-corrected chi connectivity index (χ4v) is 16.1. The fraction of sp³-hybridized carbons (Fsp3) is 0.957. The van der Waals surface area contributed by atoms with E-state index in [2.05, 4.69) is 34.6 Å². The van der Waals surface area contributed by atoms with Crippen molar-refractivity contribution in [2.24, 2.45) is 5.92 Å². The number of hydrogen-bond donors (Lipinski definition) is 3. The minimum absolute atomic E-state index is 0.110. The molecule has 0 radical (unpaired) electrons. The largest absolute Gasteiger partial charge is 0.472 e. The predicted molar refractivity (Wildman–Crippen MR) is 460 cm³/mol. The van der Waals surface area contributed by atoms with Crippen LogP contribution in [-0.4, -0.2) is 96.7 Å². The highest BCUT2D eigenvalue weighted by Crippen LogP contribution is 2.45. The van der Waals surface area contributed by atoms with Gasteiger partial charge in [-0.05, 0) is 31.6 Å². The first kappa shape index (κ1) is 109. The molecule has 660 valence electrons. The third-order valence-corrected chi connectivity index (χ3v) is 23.7. The highest BCUT2D eigenvalue weighted by molar-refractivity contribution is 7.47. The number of hydrogen-bond acceptors (Lipinski definition) is 15. The zero-order chi connectivity index (χ0) is 81.1. The lowest BCUT2D eigenvalue weighted by Gasteiger charge is -2.21. The lowest BCUT2D eigenvalue weighted by Crippen LogP contribution is -2.30. The van der Waals surface area contributed by atoms with E-state index in [0.29, 0.717) is 25.7 Å². The summed E-state index contributed by atoms with van der Waals surface area (Å²) < 4.78 is 69.1. The van der Waals surface area contributed by atoms with Crippen molar-refractivity contribution in [3.05, 3.63) is 0 Å². The Morgan fingerprint density at radius 3 is 0.613 bits per heavy atom. The van der Waals surface area contributed by atoms with E-state index in [1.165, 1.54) is 327 Å². The molecule has 0 amide bonds. The van der Waals surface area contributed by atoms with Crippen molar-refractivity contribution in [1.82, 2.24) is 0 Å². The molecule has 0 heterocycles. The van der Waals surface area contributed by atoms with E-state index >= 15 is 0 Å². The summed E-state index contributed by atoms with van der Waals surface area (Å²) in [5, 5.41) is 10.7. The molecule has 0 saturated carbocycles. The quantitative estimate of drug-likeness (QED) is 0.0222. The SMILES string of the molecule is CCCCCCCCCCCCCCCCCCCCCC(=O)OC[C@H](COP(=O)(O)OC[C@@H](O)COP(=O)(O)OC[C@@H](COC(=O)CCCCCCCCCCCCCC)OC(=O)CCCCCCCCCCCCCCCCCCCCC)OC(=O)CCCCCCCCCCCCCCCCCCCCC(C)C. The summed E-state index contributed by atoms with van der Waals surface area (Å²) in [7, 11) is -9.94. The molecule has 0 aliphatic rings. The standard InChI is InChI=1S/C92H180O17P2/c1-6-9-12-15-18-21-24-27-29-31-33-38-42-46-51-56-61-66-71-76-90(95)103-82-88(109-92(97)78-73-68-63-58-53-48-44-40-36-35-37-41-45-49-54-59-64-69-74-85(4)5)84-107-111(100,101)105-80-86(93)79-104-110(98,99)106-83-87(81-102-89(94)75-70-65-60-55-50-26-23-20-17-14-11-8-3)108-91(96)77-72-67-62-57-52-47-43-39-34-32-30-28-25-22-19-16-13-10-7-2/h85-88,93H,6-84H2,1-5H3,(H,98,99)(H,100,101)/t86-,87+,88+/m0/s1. The van der Waals surface area contributed by atoms with Gasteiger partial charge in [0.05, 0.1) is 26.4 Å². The molecule has 111 heavy (non-hydrogen) atoms. The van der Waals surface area contributed by atoms with Gasteiger partial charge < -0.3 is 33.8 Å². The van der Waals surface area contributed by atoms with Crippen LogP contribution < -0.4 is 0 Å². The summed E-state index contributed by atoms with van der Waals surface area (Å²) in [6.45, 7) is 7.44. The number of ether oxygens (including phenoxy) is 4. The number of carbonyl (C=O) groups excluding carboxylic acids is 4. The molecule has 17 nitrogen and oxygen atoms in total. The highest BCUT2D eigenvalue weighted by atomic mass is 31.2. The predicted octanol–water partition coefficient (Wildman–Crippen LogP) is 28.7. The van der Waals surface area contributed by atoms with Gasteiger partial charge in [0, 0.05) is 25.7 Å². The smallest absolute Gasteiger partial charge is 0.462 e. The average Bonchev–Trinajstić information content (AvgIpc) is 0.898. The van der Waals surface area contributed by atoms with Gasteiger partial charge >= 0.3 is 39.5 Å². The molecule has 0 aromatic rings. The normalized spacial score (nSPS) is 13.7. The van der Waals surface area contributed by atoms with Crippen LogP contribution in [0.3, 0.4) is 0 Å². The van der Waals surface area contributed by atoms with E-state index in [4.69, 9.17) is 37.0 Å². The second-order valence-corrected chi connectivity index (χ2v) is 36.4. The highest BCUT2D eigenvalue weighted by Gasteiger charge is 2.31. The van der Waals surface area contributed by atoms with Crippen LogP contribution in [0, 0.1) is 5.92 Å². The van der Waals surface area contributed by atoms with E-state index in [1.54, 1.807) is 0 Å². The van der Waals surface area contributed by atoms with Crippen LogP contribution in [0.5, 0.6) is 0 Å². The Hall–Kier alpha value is -1.94. The third kappa shape index (κ3) is 85.8. The Labute approximate surface area is 683 Å². The second kappa shape index (κ2) is 84.5. The average molecular weight is 1620 g/mol. The van der Waals surface area contributed by atoms with Gasteiger partial charge in [0.1, 0.15) is 19.3 Å². The van der Waals surface area contributed by atoms with Crippen molar-refractivity contribution in [3.63, 3.8) is 0 Å². The molecule has 0 aliphatic heterocycles. The molecule has 0 rings (SSSR count). The van der Waals surface area contributed by atoms with Crippen molar-refractivity contribution in [2.75, 3.05) is 39.6 Å². The molecule has 0 aromatic carbocycles. The Morgan fingerprint density at radius 2 is 0.414 bits per heavy atom. The molecule has 0 spiro atoms. The van der Waals surface area contributed by atoms with Gasteiger partial charge in [-0.25, -0.2) is 9.13 Å². The number of unbranched alkanes of at least 4 members (excludes halogenated alkanes) is 64. The van der Waals surface area contributed by atoms with Gasteiger partial charge in [-0.2, -0.15) is 0 Å². The number of esters is 4. The Balaban J connectivity index is 5.24. The molecular weight excluding hydrogens is 1440 g/mol. The van der Waals surface area contributed by atoms with Crippen molar-refractivity contribution in [1.29, 1.82) is 0 Å². The van der Waals surface area contributed by atoms with Crippen LogP contribution in [0.1, 0.15) is 503 Å². The Bertz CT molecular complexity index is 2100. The van der Waals surface area contributed by atoms with Crippen LogP contribution in [0.2, 0.25) is 0 Å². The second-order valence-electron chi connectivity index (χ2n) is 33.5. The van der Waals surface area contributed by atoms with E-state index in [1.807, 2.05) is 0 Å². The maximum Gasteiger partial charge on any atom is 0.472 e. The van der Waals surface area contributed by atoms with Crippen LogP contribution in [0.15, 0.2) is 0 Å². The summed E-state index contributed by atoms with van der Waals surface area (Å²) in [4.78, 5) is 73.5. The first-order valence-corrected chi connectivity index (χ1v) is 50.6. The van der Waals surface area contributed by atoms with Crippen LogP contribution in [0.4, 0.5) is 0 Å². The van der Waals surface area contributed by atoms with E-state index < -0.39 is 97.5 Å². The van der Waals surface area contributed by atoms with Crippen LogP contribution in [-0.2, 0) is 65.4 Å². The van der Waals surface area contributed by atoms with Crippen molar-refractivity contribution >= 4 is 39.5 Å². The molecule has 0 fully saturated rings. The zero-order valence-electron chi connectivity index (χ0n) is 73.1. The summed E-state index contributed by atoms with van der Waals surface area (Å²) in [5.74, 6) is -1.27. The summed E-state index contributed by atoms with van der Waals surface area (Å²) in [5.41, 5.74) is 0. The molecular formula is C92H180O17P2. The van der Waals surface area contributed by atoms with Crippen LogP contribution >= 0.6 is 15.6 Å². The molecule has 0 aliphatic carbocycles. The van der Waals surface area contributed by atoms with Crippen molar-refractivity contribution in [2.45, 2.75) is 522 Å². The van der Waals surface area contributed by atoms with Crippen molar-refractivity contribution < 1.29 is 80.2 Å². The van der Waals surface area contributed by atoms with Gasteiger partial charge in [0.15, 0.2) is 12.2 Å². The molecule has 0 saturated heterocycles. The number of phosphoric acid groups is 2. The minimum atomic E-state index is -4.97. The first-order valence-electron chi connectivity index (χ1n) is 47.6. The summed E-state index contributed by atoms with van der Waals surface area (Å²) in [6.07, 6.45) is 80.6. The molecule has 2 unspecified atom stereocenters. The topological polar surface area (TPSA) is 237 Å². The van der Waals surface area contributed by atoms with Crippen LogP contribution in [0.25, 0.3) is 0 Å². The lowest BCUT2D eigenvalue weighted by atomic mass is 10.0. The summed E-state index contributed by atoms with van der Waals surface area (Å²) >= 11 is 0. The third-order valence-electron chi connectivity index (χ3n) is 21.8. The van der Waals surface area contributed by atoms with Gasteiger partial charge in [-0.15, -0.1) is 0 Å². The van der Waals surface area contributed by atoms with Gasteiger partial charge in [0.2, 0.25) is 0 Å². The van der Waals surface area contributed by atoms with Gasteiger partial charge in [-0.3, -0.25) is 37.3 Å². The minimum Gasteiger partial charge on any atom is -0.462 e. The molecule has 3 N–H and O–H groups in total. The van der Waals surface area contributed by atoms with E-state index in [0.717, 1.165) is 95.8 Å². The lowest BCUT2D eigenvalue weighted by molar-refractivity contribution is -0.161. The number of carbonyl (C=O) groups is 4. The number of aliphatic hydroxyl groups excluding tert-OH is 1. The fourth-order valence-electron chi connectivity index (χ4n) is 14.5. The molecule has 19 heteroatoms. The molecule has 0 bridgehead atoms. The van der Waals surface area contributed by atoms with Gasteiger partial charge in [-0.1, -0.05) is 452 Å². The van der Waals surface area contributed by atoms with E-state index in [-0.39, 0.29) is 25.7 Å². The number of phosphoric ester groups is 2. The molecule has 0 aromatic heterocycles. The zero-order valence-corrected chi connectivity index (χ0v) is 74.9. The number of aliphatic hydroxyl groups is 1. The Kier molecular flexibility index (Phi) is 83.0. The number of rotatable bonds is 92. The van der Waals surface area contributed by atoms with Gasteiger partial charge in [0.25, 0.3) is 0 Å². The first-order chi connectivity index (χ1) is 54.0. The monoisotopic (exact) mass is 1620 g/mol. The van der Waals surface area contributed by atoms with E-state index in [9.17, 15) is 43.2 Å². The maximum absolute atomic E-state index is 13.2.